The Hall–Kier alpha value is -2.75. The summed E-state index contributed by atoms with van der Waals surface area (Å²) in [6.07, 6.45) is 1.72. The average Bonchev–Trinajstić information content (AvgIpc) is 2.56. The van der Waals surface area contributed by atoms with Gasteiger partial charge in [0.1, 0.15) is 5.75 Å². The van der Waals surface area contributed by atoms with Crippen molar-refractivity contribution in [3.8, 4) is 5.75 Å². The summed E-state index contributed by atoms with van der Waals surface area (Å²) in [6.45, 7) is 4.74. The highest BCUT2D eigenvalue weighted by Gasteiger charge is 2.12. The lowest BCUT2D eigenvalue weighted by Crippen LogP contribution is -2.34. The number of hydrogen-bond donors (Lipinski definition) is 1. The molecule has 0 aliphatic carbocycles. The van der Waals surface area contributed by atoms with E-state index in [-0.39, 0.29) is 6.03 Å². The molecule has 22 heavy (non-hydrogen) atoms. The third-order valence-corrected chi connectivity index (χ3v) is 3.19. The Labute approximate surface area is 131 Å². The van der Waals surface area contributed by atoms with Crippen molar-refractivity contribution in [1.29, 1.82) is 0 Å². The fraction of sp³-hybridized carbons (Fsp3) is 0.167. The molecule has 0 fully saturated rings. The minimum absolute atomic E-state index is 0.158. The van der Waals surface area contributed by atoms with E-state index in [2.05, 4.69) is 11.9 Å². The van der Waals surface area contributed by atoms with Crippen LogP contribution in [0.5, 0.6) is 5.75 Å². The van der Waals surface area contributed by atoms with Crippen molar-refractivity contribution < 1.29 is 9.53 Å². The van der Waals surface area contributed by atoms with Gasteiger partial charge in [-0.15, -0.1) is 6.58 Å². The van der Waals surface area contributed by atoms with Gasteiger partial charge in [0, 0.05) is 18.8 Å². The molecule has 0 radical (unpaired) electrons. The van der Waals surface area contributed by atoms with Crippen LogP contribution in [0.25, 0.3) is 0 Å². The summed E-state index contributed by atoms with van der Waals surface area (Å²) < 4.78 is 5.10. The Bertz CT molecular complexity index is 609. The van der Waals surface area contributed by atoms with Crippen LogP contribution in [0, 0.1) is 0 Å². The fourth-order valence-corrected chi connectivity index (χ4v) is 2.06. The minimum Gasteiger partial charge on any atom is -0.497 e. The number of nitrogens with zero attached hydrogens (tertiary/aromatic N) is 1. The SMILES string of the molecule is C=CCN(Cc1ccccc1)C(=O)Nc1ccc(OC)cc1. The number of nitrogens with one attached hydrogen (secondary N) is 1. The van der Waals surface area contributed by atoms with Crippen LogP contribution in [0.15, 0.2) is 67.3 Å². The normalized spacial score (nSPS) is 9.86. The number of benzene rings is 2. The largest absolute Gasteiger partial charge is 0.497 e. The van der Waals surface area contributed by atoms with Gasteiger partial charge in [-0.2, -0.15) is 0 Å². The molecule has 2 aromatic rings. The van der Waals surface area contributed by atoms with Gasteiger partial charge in [-0.1, -0.05) is 36.4 Å². The van der Waals surface area contributed by atoms with E-state index in [1.54, 1.807) is 18.1 Å². The molecule has 4 heteroatoms. The predicted octanol–water partition coefficient (Wildman–Crippen LogP) is 3.92. The topological polar surface area (TPSA) is 41.6 Å². The zero-order chi connectivity index (χ0) is 15.8. The van der Waals surface area contributed by atoms with Crippen molar-refractivity contribution in [2.75, 3.05) is 19.0 Å². The van der Waals surface area contributed by atoms with Crippen molar-refractivity contribution in [2.45, 2.75) is 6.54 Å². The van der Waals surface area contributed by atoms with Gasteiger partial charge in [0.2, 0.25) is 0 Å². The van der Waals surface area contributed by atoms with E-state index in [1.807, 2.05) is 54.6 Å². The molecule has 1 N–H and O–H groups in total. The average molecular weight is 296 g/mol. The number of methoxy groups -OCH3 is 1. The number of amides is 2. The van der Waals surface area contributed by atoms with Crippen LogP contribution in [0.4, 0.5) is 10.5 Å². The molecular weight excluding hydrogens is 276 g/mol. The van der Waals surface area contributed by atoms with Crippen LogP contribution < -0.4 is 10.1 Å². The molecule has 0 atom stereocenters. The lowest BCUT2D eigenvalue weighted by molar-refractivity contribution is 0.215. The van der Waals surface area contributed by atoms with Gasteiger partial charge < -0.3 is 15.0 Å². The van der Waals surface area contributed by atoms with E-state index in [0.29, 0.717) is 13.1 Å². The zero-order valence-electron chi connectivity index (χ0n) is 12.7. The van der Waals surface area contributed by atoms with Crippen LogP contribution in [0.2, 0.25) is 0 Å². The van der Waals surface area contributed by atoms with Gasteiger partial charge in [0.15, 0.2) is 0 Å². The number of carbonyl (C=O) groups is 1. The second kappa shape index (κ2) is 7.88. The summed E-state index contributed by atoms with van der Waals surface area (Å²) in [5, 5.41) is 2.88. The van der Waals surface area contributed by atoms with Crippen LogP contribution in [0.3, 0.4) is 0 Å². The smallest absolute Gasteiger partial charge is 0.322 e. The quantitative estimate of drug-likeness (QED) is 0.821. The molecule has 0 aromatic heterocycles. The summed E-state index contributed by atoms with van der Waals surface area (Å²) in [6, 6.07) is 17.0. The third-order valence-electron chi connectivity index (χ3n) is 3.19. The Kier molecular flexibility index (Phi) is 5.60. The second-order valence-electron chi connectivity index (χ2n) is 4.81. The summed E-state index contributed by atoms with van der Waals surface area (Å²) in [5.41, 5.74) is 1.81. The lowest BCUT2D eigenvalue weighted by atomic mass is 10.2. The summed E-state index contributed by atoms with van der Waals surface area (Å²) in [5.74, 6) is 0.755. The molecule has 0 heterocycles. The molecule has 114 valence electrons. The predicted molar refractivity (Wildman–Crippen MR) is 89.1 cm³/mol. The molecule has 0 saturated heterocycles. The van der Waals surface area contributed by atoms with E-state index >= 15 is 0 Å². The Balaban J connectivity index is 2.03. The maximum atomic E-state index is 12.4. The van der Waals surface area contributed by atoms with E-state index < -0.39 is 0 Å². The number of carbonyl (C=O) groups excluding carboxylic acids is 1. The van der Waals surface area contributed by atoms with Gasteiger partial charge in [-0.25, -0.2) is 4.79 Å². The molecule has 0 saturated carbocycles. The molecule has 2 amide bonds. The summed E-state index contributed by atoms with van der Waals surface area (Å²) in [7, 11) is 1.61. The molecule has 0 unspecified atom stereocenters. The molecular formula is C18H20N2O2. The highest BCUT2D eigenvalue weighted by molar-refractivity contribution is 5.89. The number of ether oxygens (including phenoxy) is 1. The maximum Gasteiger partial charge on any atom is 0.322 e. The minimum atomic E-state index is -0.158. The first-order valence-corrected chi connectivity index (χ1v) is 7.07. The molecule has 0 spiro atoms. The van der Waals surface area contributed by atoms with E-state index in [4.69, 9.17) is 4.74 Å². The van der Waals surface area contributed by atoms with E-state index in [1.165, 1.54) is 0 Å². The first-order valence-electron chi connectivity index (χ1n) is 7.07. The van der Waals surface area contributed by atoms with E-state index in [0.717, 1.165) is 17.0 Å². The Morgan fingerprint density at radius 2 is 1.86 bits per heavy atom. The molecule has 2 rings (SSSR count). The van der Waals surface area contributed by atoms with Crippen molar-refractivity contribution >= 4 is 11.7 Å². The van der Waals surface area contributed by atoms with Crippen LogP contribution in [-0.4, -0.2) is 24.6 Å². The first-order chi connectivity index (χ1) is 10.7. The lowest BCUT2D eigenvalue weighted by Gasteiger charge is -2.22. The van der Waals surface area contributed by atoms with Crippen LogP contribution in [0.1, 0.15) is 5.56 Å². The van der Waals surface area contributed by atoms with Crippen molar-refractivity contribution in [2.24, 2.45) is 0 Å². The zero-order valence-corrected chi connectivity index (χ0v) is 12.7. The summed E-state index contributed by atoms with van der Waals surface area (Å²) >= 11 is 0. The Morgan fingerprint density at radius 1 is 1.18 bits per heavy atom. The van der Waals surface area contributed by atoms with Gasteiger partial charge in [-0.05, 0) is 29.8 Å². The van der Waals surface area contributed by atoms with Gasteiger partial charge in [-0.3, -0.25) is 0 Å². The highest BCUT2D eigenvalue weighted by atomic mass is 16.5. The molecule has 0 aliphatic rings. The fourth-order valence-electron chi connectivity index (χ4n) is 2.06. The monoisotopic (exact) mass is 296 g/mol. The summed E-state index contributed by atoms with van der Waals surface area (Å²) in [4.78, 5) is 14.1. The second-order valence-corrected chi connectivity index (χ2v) is 4.81. The number of urea groups is 1. The standard InChI is InChI=1S/C18H20N2O2/c1-3-13-20(14-15-7-5-4-6-8-15)18(21)19-16-9-11-17(22-2)12-10-16/h3-12H,1,13-14H2,2H3,(H,19,21). The van der Waals surface area contributed by atoms with Gasteiger partial charge in [0.25, 0.3) is 0 Å². The van der Waals surface area contributed by atoms with Crippen molar-refractivity contribution in [3.05, 3.63) is 72.8 Å². The number of anilines is 1. The molecule has 2 aromatic carbocycles. The van der Waals surface area contributed by atoms with Gasteiger partial charge in [0.05, 0.1) is 7.11 Å². The third kappa shape index (κ3) is 4.38. The highest BCUT2D eigenvalue weighted by Crippen LogP contribution is 2.16. The van der Waals surface area contributed by atoms with Crippen molar-refractivity contribution in [1.82, 2.24) is 4.90 Å². The van der Waals surface area contributed by atoms with Crippen LogP contribution in [-0.2, 0) is 6.54 Å². The van der Waals surface area contributed by atoms with Crippen molar-refractivity contribution in [3.63, 3.8) is 0 Å². The van der Waals surface area contributed by atoms with Crippen LogP contribution >= 0.6 is 0 Å². The molecule has 0 bridgehead atoms. The first kappa shape index (κ1) is 15.6. The Morgan fingerprint density at radius 3 is 2.45 bits per heavy atom. The molecule has 4 nitrogen and oxygen atoms in total. The molecule has 0 aliphatic heterocycles. The van der Waals surface area contributed by atoms with E-state index in [9.17, 15) is 4.79 Å². The number of hydrogen-bond acceptors (Lipinski definition) is 2. The maximum absolute atomic E-state index is 12.4. The number of rotatable bonds is 6. The van der Waals surface area contributed by atoms with Gasteiger partial charge >= 0.3 is 6.03 Å².